The number of nitrogens with one attached hydrogen (secondary N) is 1. The van der Waals surface area contributed by atoms with Crippen LogP contribution in [0.1, 0.15) is 38.2 Å². The Bertz CT molecular complexity index is 421. The Morgan fingerprint density at radius 1 is 1.33 bits per heavy atom. The lowest BCUT2D eigenvalue weighted by Gasteiger charge is -2.34. The second-order valence-corrected chi connectivity index (χ2v) is 6.43. The quantitative estimate of drug-likeness (QED) is 0.834. The maximum atomic E-state index is 5.91. The predicted octanol–water partition coefficient (Wildman–Crippen LogP) is 3.30. The van der Waals surface area contributed by atoms with Gasteiger partial charge in [0.25, 0.3) is 0 Å². The Labute approximate surface area is 129 Å². The average Bonchev–Trinajstić information content (AvgIpc) is 2.48. The zero-order chi connectivity index (χ0) is 15.1. The normalized spacial score (nSPS) is 22.5. The molecule has 3 nitrogen and oxygen atoms in total. The molecule has 21 heavy (non-hydrogen) atoms. The molecule has 2 rings (SSSR count). The van der Waals surface area contributed by atoms with Crippen molar-refractivity contribution in [1.82, 2.24) is 10.2 Å². The molecule has 0 bridgehead atoms. The van der Waals surface area contributed by atoms with E-state index in [-0.39, 0.29) is 0 Å². The van der Waals surface area contributed by atoms with E-state index in [4.69, 9.17) is 4.74 Å². The van der Waals surface area contributed by atoms with Gasteiger partial charge in [-0.2, -0.15) is 0 Å². The minimum Gasteiger partial charge on any atom is -0.492 e. The van der Waals surface area contributed by atoms with Gasteiger partial charge in [0.1, 0.15) is 12.4 Å². The van der Waals surface area contributed by atoms with E-state index in [0.29, 0.717) is 0 Å². The number of hydrogen-bond acceptors (Lipinski definition) is 3. The van der Waals surface area contributed by atoms with Crippen molar-refractivity contribution >= 4 is 0 Å². The standard InChI is InChI=1S/C18H30N2O/c1-15-6-4-8-17(12-15)20(3)10-11-21-18-9-5-7-16(13-18)14-19-2/h5,7,9,13,15,17,19H,4,6,8,10-12,14H2,1-3H3. The van der Waals surface area contributed by atoms with Gasteiger partial charge in [0.15, 0.2) is 0 Å². The minimum atomic E-state index is 0.743. The van der Waals surface area contributed by atoms with Gasteiger partial charge in [-0.05, 0) is 50.6 Å². The predicted molar refractivity (Wildman–Crippen MR) is 88.8 cm³/mol. The van der Waals surface area contributed by atoms with Crippen LogP contribution in [0.4, 0.5) is 0 Å². The highest BCUT2D eigenvalue weighted by Crippen LogP contribution is 2.26. The number of rotatable bonds is 7. The summed E-state index contributed by atoms with van der Waals surface area (Å²) in [4.78, 5) is 2.48. The van der Waals surface area contributed by atoms with Gasteiger partial charge in [0.2, 0.25) is 0 Å². The van der Waals surface area contributed by atoms with E-state index in [9.17, 15) is 0 Å². The van der Waals surface area contributed by atoms with Crippen LogP contribution in [0.25, 0.3) is 0 Å². The van der Waals surface area contributed by atoms with E-state index in [1.807, 2.05) is 13.1 Å². The first kappa shape index (κ1) is 16.3. The molecule has 0 amide bonds. The summed E-state index contributed by atoms with van der Waals surface area (Å²) >= 11 is 0. The van der Waals surface area contributed by atoms with Gasteiger partial charge < -0.3 is 15.0 Å². The van der Waals surface area contributed by atoms with Crippen LogP contribution in [-0.2, 0) is 6.54 Å². The van der Waals surface area contributed by atoms with E-state index < -0.39 is 0 Å². The van der Waals surface area contributed by atoms with Gasteiger partial charge in [-0.1, -0.05) is 31.9 Å². The molecule has 1 fully saturated rings. The topological polar surface area (TPSA) is 24.5 Å². The van der Waals surface area contributed by atoms with Crippen molar-refractivity contribution in [3.8, 4) is 5.75 Å². The summed E-state index contributed by atoms with van der Waals surface area (Å²) < 4.78 is 5.91. The fourth-order valence-corrected chi connectivity index (χ4v) is 3.24. The number of hydrogen-bond donors (Lipinski definition) is 1. The van der Waals surface area contributed by atoms with Crippen LogP contribution in [0.2, 0.25) is 0 Å². The molecule has 1 aliphatic rings. The fraction of sp³-hybridized carbons (Fsp3) is 0.667. The summed E-state index contributed by atoms with van der Waals surface area (Å²) in [7, 11) is 4.21. The zero-order valence-corrected chi connectivity index (χ0v) is 13.8. The molecule has 0 saturated heterocycles. The summed E-state index contributed by atoms with van der Waals surface area (Å²) in [6.45, 7) is 5.04. The Morgan fingerprint density at radius 2 is 2.19 bits per heavy atom. The molecule has 0 heterocycles. The first-order valence-electron chi connectivity index (χ1n) is 8.25. The largest absolute Gasteiger partial charge is 0.492 e. The molecule has 0 aromatic heterocycles. The number of benzene rings is 1. The Morgan fingerprint density at radius 3 is 2.95 bits per heavy atom. The van der Waals surface area contributed by atoms with Gasteiger partial charge in [0.05, 0.1) is 0 Å². The Balaban J connectivity index is 1.74. The smallest absolute Gasteiger partial charge is 0.119 e. The molecule has 2 atom stereocenters. The molecular weight excluding hydrogens is 260 g/mol. The van der Waals surface area contributed by atoms with Crippen molar-refractivity contribution in [2.75, 3.05) is 27.2 Å². The third kappa shape index (κ3) is 5.33. The molecular formula is C18H30N2O. The van der Waals surface area contributed by atoms with Crippen LogP contribution in [0, 0.1) is 5.92 Å². The molecule has 1 aromatic rings. The van der Waals surface area contributed by atoms with Gasteiger partial charge >= 0.3 is 0 Å². The van der Waals surface area contributed by atoms with Crippen LogP contribution < -0.4 is 10.1 Å². The second-order valence-electron chi connectivity index (χ2n) is 6.43. The summed E-state index contributed by atoms with van der Waals surface area (Å²) in [5, 5.41) is 3.17. The minimum absolute atomic E-state index is 0.743. The molecule has 0 radical (unpaired) electrons. The lowest BCUT2D eigenvalue weighted by Crippen LogP contribution is -2.37. The third-order valence-corrected chi connectivity index (χ3v) is 4.52. The fourth-order valence-electron chi connectivity index (χ4n) is 3.24. The van der Waals surface area contributed by atoms with Crippen molar-refractivity contribution in [3.63, 3.8) is 0 Å². The average molecular weight is 290 g/mol. The summed E-state index contributed by atoms with van der Waals surface area (Å²) in [6.07, 6.45) is 5.47. The van der Waals surface area contributed by atoms with Crippen LogP contribution in [-0.4, -0.2) is 38.2 Å². The molecule has 0 spiro atoms. The highest BCUT2D eigenvalue weighted by atomic mass is 16.5. The Hall–Kier alpha value is -1.06. The van der Waals surface area contributed by atoms with Crippen molar-refractivity contribution < 1.29 is 4.74 Å². The van der Waals surface area contributed by atoms with Crippen LogP contribution >= 0.6 is 0 Å². The van der Waals surface area contributed by atoms with E-state index in [2.05, 4.69) is 42.4 Å². The first-order valence-corrected chi connectivity index (χ1v) is 8.25. The lowest BCUT2D eigenvalue weighted by molar-refractivity contribution is 0.141. The van der Waals surface area contributed by atoms with Crippen molar-refractivity contribution in [2.45, 2.75) is 45.2 Å². The lowest BCUT2D eigenvalue weighted by atomic mass is 9.86. The summed E-state index contributed by atoms with van der Waals surface area (Å²) in [5.41, 5.74) is 1.27. The Kier molecular flexibility index (Phi) is 6.52. The molecule has 2 unspecified atom stereocenters. The van der Waals surface area contributed by atoms with Crippen molar-refractivity contribution in [2.24, 2.45) is 5.92 Å². The van der Waals surface area contributed by atoms with Gasteiger partial charge in [-0.3, -0.25) is 0 Å². The van der Waals surface area contributed by atoms with Gasteiger partial charge in [0, 0.05) is 19.1 Å². The number of nitrogens with zero attached hydrogens (tertiary/aromatic N) is 1. The maximum Gasteiger partial charge on any atom is 0.119 e. The number of ether oxygens (including phenoxy) is 1. The van der Waals surface area contributed by atoms with E-state index in [1.165, 1.54) is 31.2 Å². The highest BCUT2D eigenvalue weighted by molar-refractivity contribution is 5.28. The number of likely N-dealkylation sites (N-methyl/N-ethyl adjacent to an activating group) is 1. The SMILES string of the molecule is CNCc1cccc(OCCN(C)C2CCCC(C)C2)c1. The molecule has 118 valence electrons. The van der Waals surface area contributed by atoms with Crippen LogP contribution in [0.15, 0.2) is 24.3 Å². The van der Waals surface area contributed by atoms with Crippen LogP contribution in [0.3, 0.4) is 0 Å². The molecule has 1 saturated carbocycles. The first-order chi connectivity index (χ1) is 10.2. The second kappa shape index (κ2) is 8.40. The zero-order valence-electron chi connectivity index (χ0n) is 13.8. The van der Waals surface area contributed by atoms with Gasteiger partial charge in [-0.15, -0.1) is 0 Å². The van der Waals surface area contributed by atoms with Crippen LogP contribution in [0.5, 0.6) is 5.75 Å². The van der Waals surface area contributed by atoms with Gasteiger partial charge in [-0.25, -0.2) is 0 Å². The summed E-state index contributed by atoms with van der Waals surface area (Å²) in [6, 6.07) is 9.10. The molecule has 0 aliphatic heterocycles. The molecule has 1 aliphatic carbocycles. The van der Waals surface area contributed by atoms with E-state index >= 15 is 0 Å². The third-order valence-electron chi connectivity index (χ3n) is 4.52. The molecule has 1 aromatic carbocycles. The maximum absolute atomic E-state index is 5.91. The monoisotopic (exact) mass is 290 g/mol. The van der Waals surface area contributed by atoms with Crippen molar-refractivity contribution in [1.29, 1.82) is 0 Å². The van der Waals surface area contributed by atoms with Crippen molar-refractivity contribution in [3.05, 3.63) is 29.8 Å². The van der Waals surface area contributed by atoms with E-state index in [0.717, 1.165) is 37.4 Å². The highest BCUT2D eigenvalue weighted by Gasteiger charge is 2.21. The van der Waals surface area contributed by atoms with E-state index in [1.54, 1.807) is 0 Å². The molecule has 1 N–H and O–H groups in total. The summed E-state index contributed by atoms with van der Waals surface area (Å²) in [5.74, 6) is 1.86. The molecule has 3 heteroatoms.